The van der Waals surface area contributed by atoms with Gasteiger partial charge in [0.15, 0.2) is 11.5 Å². The second kappa shape index (κ2) is 15.0. The molecule has 0 bridgehead atoms. The molecule has 0 radical (unpaired) electrons. The number of amides is 3. The maximum atomic E-state index is 14.0. The predicted molar refractivity (Wildman–Crippen MR) is 170 cm³/mol. The van der Waals surface area contributed by atoms with E-state index < -0.39 is 17.6 Å². The molecule has 4 rings (SSSR count). The molecule has 4 aromatic carbocycles. The van der Waals surface area contributed by atoms with Crippen LogP contribution in [0.5, 0.6) is 11.5 Å². The molecule has 43 heavy (non-hydrogen) atoms. The smallest absolute Gasteiger partial charge is 0.272 e. The molecule has 220 valence electrons. The molecule has 0 fully saturated rings. The quantitative estimate of drug-likeness (QED) is 0.121. The second-order valence-electron chi connectivity index (χ2n) is 8.90. The van der Waals surface area contributed by atoms with Crippen molar-refractivity contribution in [2.75, 3.05) is 30.6 Å². The van der Waals surface area contributed by atoms with Crippen LogP contribution in [-0.2, 0) is 9.59 Å². The lowest BCUT2D eigenvalue weighted by molar-refractivity contribution is -0.114. The second-order valence-corrected chi connectivity index (χ2v) is 10.9. The number of benzene rings is 4. The van der Waals surface area contributed by atoms with Gasteiger partial charge in [0.25, 0.3) is 11.8 Å². The van der Waals surface area contributed by atoms with Crippen LogP contribution in [0.15, 0.2) is 106 Å². The summed E-state index contributed by atoms with van der Waals surface area (Å²) >= 11 is 4.44. The van der Waals surface area contributed by atoms with E-state index in [4.69, 9.17) is 9.47 Å². The Morgan fingerprint density at radius 3 is 2.30 bits per heavy atom. The van der Waals surface area contributed by atoms with Gasteiger partial charge in [-0.2, -0.15) is 0 Å². The molecule has 8 nitrogen and oxygen atoms in total. The molecule has 0 atom stereocenters. The summed E-state index contributed by atoms with van der Waals surface area (Å²) in [7, 11) is 2.99. The molecular formula is C32H27BrFN3O5S. The van der Waals surface area contributed by atoms with Crippen molar-refractivity contribution >= 4 is 62.9 Å². The van der Waals surface area contributed by atoms with Crippen LogP contribution in [0.25, 0.3) is 6.08 Å². The van der Waals surface area contributed by atoms with Gasteiger partial charge in [0.05, 0.1) is 25.7 Å². The Labute approximate surface area is 260 Å². The van der Waals surface area contributed by atoms with E-state index in [1.807, 2.05) is 0 Å². The minimum atomic E-state index is -0.564. The van der Waals surface area contributed by atoms with E-state index in [1.165, 1.54) is 44.2 Å². The van der Waals surface area contributed by atoms with E-state index in [0.29, 0.717) is 32.8 Å². The number of methoxy groups -OCH3 is 2. The van der Waals surface area contributed by atoms with Crippen molar-refractivity contribution in [3.05, 3.63) is 118 Å². The fraction of sp³-hybridized carbons (Fsp3) is 0.0938. The van der Waals surface area contributed by atoms with Gasteiger partial charge < -0.3 is 25.4 Å². The van der Waals surface area contributed by atoms with Gasteiger partial charge in [0.2, 0.25) is 5.91 Å². The minimum absolute atomic E-state index is 0.0179. The van der Waals surface area contributed by atoms with Crippen LogP contribution < -0.4 is 25.4 Å². The van der Waals surface area contributed by atoms with Crippen LogP contribution in [-0.4, -0.2) is 37.7 Å². The van der Waals surface area contributed by atoms with Gasteiger partial charge in [0.1, 0.15) is 11.5 Å². The Morgan fingerprint density at radius 1 is 0.884 bits per heavy atom. The Balaban J connectivity index is 1.46. The third-order valence-electron chi connectivity index (χ3n) is 5.95. The molecule has 0 heterocycles. The largest absolute Gasteiger partial charge is 0.493 e. The summed E-state index contributed by atoms with van der Waals surface area (Å²) in [4.78, 5) is 39.4. The first-order chi connectivity index (χ1) is 20.8. The molecule has 0 aromatic heterocycles. The first kappa shape index (κ1) is 31.3. The number of ether oxygens (including phenoxy) is 2. The Bertz CT molecular complexity index is 1650. The number of hydrogen-bond acceptors (Lipinski definition) is 6. The number of carbonyl (C=O) groups is 3. The zero-order valence-electron chi connectivity index (χ0n) is 23.2. The van der Waals surface area contributed by atoms with Crippen molar-refractivity contribution in [3.8, 4) is 11.5 Å². The molecule has 0 spiro atoms. The summed E-state index contributed by atoms with van der Waals surface area (Å²) in [6.07, 6.45) is 1.51. The van der Waals surface area contributed by atoms with Gasteiger partial charge in [-0.15, -0.1) is 11.8 Å². The lowest BCUT2D eigenvalue weighted by atomic mass is 10.1. The topological polar surface area (TPSA) is 106 Å². The Hall–Kier alpha value is -4.61. The molecular weight excluding hydrogens is 637 g/mol. The molecule has 3 amide bonds. The molecule has 4 aromatic rings. The number of nitrogens with one attached hydrogen (secondary N) is 3. The van der Waals surface area contributed by atoms with Crippen molar-refractivity contribution in [3.63, 3.8) is 0 Å². The molecule has 0 aliphatic heterocycles. The molecule has 3 N–H and O–H groups in total. The van der Waals surface area contributed by atoms with E-state index in [0.717, 1.165) is 4.90 Å². The summed E-state index contributed by atoms with van der Waals surface area (Å²) in [6, 6.07) is 25.0. The van der Waals surface area contributed by atoms with Gasteiger partial charge >= 0.3 is 0 Å². The predicted octanol–water partition coefficient (Wildman–Crippen LogP) is 6.75. The number of carbonyl (C=O) groups excluding carboxylic acids is 3. The van der Waals surface area contributed by atoms with Crippen LogP contribution in [0.4, 0.5) is 15.8 Å². The van der Waals surface area contributed by atoms with Crippen LogP contribution in [0.3, 0.4) is 0 Å². The zero-order chi connectivity index (χ0) is 30.8. The lowest BCUT2D eigenvalue weighted by Crippen LogP contribution is -2.30. The number of rotatable bonds is 11. The number of halogens is 2. The van der Waals surface area contributed by atoms with Gasteiger partial charge in [0, 0.05) is 26.2 Å². The minimum Gasteiger partial charge on any atom is -0.493 e. The highest BCUT2D eigenvalue weighted by molar-refractivity contribution is 9.10. The van der Waals surface area contributed by atoms with Crippen molar-refractivity contribution in [2.45, 2.75) is 4.90 Å². The fourth-order valence-corrected chi connectivity index (χ4v) is 4.91. The molecule has 0 aliphatic rings. The van der Waals surface area contributed by atoms with Crippen LogP contribution in [0.1, 0.15) is 15.9 Å². The van der Waals surface area contributed by atoms with Crippen LogP contribution in [0.2, 0.25) is 0 Å². The Kier molecular flexibility index (Phi) is 11.0. The standard InChI is InChI=1S/C32H27BrFN3O5S/c1-41-28-10-6-9-21(30(28)42-2)17-27(37-31(39)20-7-4-3-5-8-20)32(40)35-23-12-14-24(15-13-23)43-19-29(38)36-26-16-11-22(33)18-25(26)34/h3-18H,19H2,1-2H3,(H,35,40)(H,36,38)(H,37,39)/b27-17-. The third-order valence-corrected chi connectivity index (χ3v) is 7.45. The van der Waals surface area contributed by atoms with E-state index in [9.17, 15) is 18.8 Å². The fourth-order valence-electron chi connectivity index (χ4n) is 3.88. The summed E-state index contributed by atoms with van der Waals surface area (Å²) < 4.78 is 25.4. The summed E-state index contributed by atoms with van der Waals surface area (Å²) in [5, 5.41) is 8.04. The highest BCUT2D eigenvalue weighted by Gasteiger charge is 2.17. The monoisotopic (exact) mass is 663 g/mol. The van der Waals surface area contributed by atoms with Crippen molar-refractivity contribution in [1.82, 2.24) is 5.32 Å². The Morgan fingerprint density at radius 2 is 1.63 bits per heavy atom. The maximum absolute atomic E-state index is 14.0. The van der Waals surface area contributed by atoms with Gasteiger partial charge in [-0.1, -0.05) is 46.3 Å². The third kappa shape index (κ3) is 8.69. The lowest BCUT2D eigenvalue weighted by Gasteiger charge is -2.14. The highest BCUT2D eigenvalue weighted by atomic mass is 79.9. The normalized spacial score (nSPS) is 10.9. The number of hydrogen-bond donors (Lipinski definition) is 3. The van der Waals surface area contributed by atoms with E-state index in [2.05, 4.69) is 31.9 Å². The average molecular weight is 665 g/mol. The molecule has 0 saturated carbocycles. The zero-order valence-corrected chi connectivity index (χ0v) is 25.6. The molecule has 11 heteroatoms. The molecule has 0 aliphatic carbocycles. The summed E-state index contributed by atoms with van der Waals surface area (Å²) in [5.74, 6) is -0.997. The van der Waals surface area contributed by atoms with Crippen molar-refractivity contribution in [1.29, 1.82) is 0 Å². The van der Waals surface area contributed by atoms with Gasteiger partial charge in [-0.25, -0.2) is 4.39 Å². The average Bonchev–Trinajstić information content (AvgIpc) is 3.02. The van der Waals surface area contributed by atoms with Crippen LogP contribution >= 0.6 is 27.7 Å². The van der Waals surface area contributed by atoms with E-state index >= 15 is 0 Å². The summed E-state index contributed by atoms with van der Waals surface area (Å²) in [6.45, 7) is 0. The van der Waals surface area contributed by atoms with E-state index in [1.54, 1.807) is 78.9 Å². The first-order valence-corrected chi connectivity index (χ1v) is 14.6. The number of para-hydroxylation sites is 1. The van der Waals surface area contributed by atoms with Gasteiger partial charge in [-0.05, 0) is 66.7 Å². The highest BCUT2D eigenvalue weighted by Crippen LogP contribution is 2.32. The first-order valence-electron chi connectivity index (χ1n) is 12.9. The van der Waals surface area contributed by atoms with Gasteiger partial charge in [-0.3, -0.25) is 14.4 Å². The van der Waals surface area contributed by atoms with Crippen LogP contribution in [0, 0.1) is 5.82 Å². The number of anilines is 2. The van der Waals surface area contributed by atoms with E-state index in [-0.39, 0.29) is 23.0 Å². The van der Waals surface area contributed by atoms with Crippen molar-refractivity contribution < 1.29 is 28.2 Å². The molecule has 0 saturated heterocycles. The molecule has 0 unspecified atom stereocenters. The number of thioether (sulfide) groups is 1. The van der Waals surface area contributed by atoms with Crippen molar-refractivity contribution in [2.24, 2.45) is 0 Å². The maximum Gasteiger partial charge on any atom is 0.272 e. The SMILES string of the molecule is COc1cccc(/C=C(\NC(=O)c2ccccc2)C(=O)Nc2ccc(SCC(=O)Nc3ccc(Br)cc3F)cc2)c1OC. The summed E-state index contributed by atoms with van der Waals surface area (Å²) in [5.41, 5.74) is 1.45.